The second-order valence-electron chi connectivity index (χ2n) is 4.86. The molecule has 2 N–H and O–H groups in total. The highest BCUT2D eigenvalue weighted by atomic mass is 35.5. The Balaban J connectivity index is 2.14. The van der Waals surface area contributed by atoms with E-state index in [1.165, 1.54) is 0 Å². The molecule has 5 heteroatoms. The molecule has 0 unspecified atom stereocenters. The summed E-state index contributed by atoms with van der Waals surface area (Å²) < 4.78 is 13.8. The molecule has 0 aromatic carbocycles. The number of pyridine rings is 1. The van der Waals surface area contributed by atoms with E-state index in [9.17, 15) is 4.39 Å². The zero-order valence-electron chi connectivity index (χ0n) is 10.00. The van der Waals surface area contributed by atoms with Crippen LogP contribution in [-0.4, -0.2) is 11.0 Å². The van der Waals surface area contributed by atoms with E-state index in [2.05, 4.69) is 4.98 Å². The van der Waals surface area contributed by atoms with Gasteiger partial charge in [0.1, 0.15) is 17.0 Å². The van der Waals surface area contributed by atoms with E-state index in [4.69, 9.17) is 22.6 Å². The molecule has 1 fully saturated rings. The molecule has 3 nitrogen and oxygen atoms in total. The van der Waals surface area contributed by atoms with Gasteiger partial charge in [0.2, 0.25) is 0 Å². The predicted molar refractivity (Wildman–Crippen MR) is 67.6 cm³/mol. The summed E-state index contributed by atoms with van der Waals surface area (Å²) in [6.07, 6.45) is 4.62. The number of nitrogens with zero attached hydrogens (tertiary/aromatic N) is 2. The summed E-state index contributed by atoms with van der Waals surface area (Å²) >= 11 is 5.82. The molecule has 18 heavy (non-hydrogen) atoms. The van der Waals surface area contributed by atoms with Gasteiger partial charge < -0.3 is 5.73 Å². The quantitative estimate of drug-likeness (QED) is 0.838. The van der Waals surface area contributed by atoms with Crippen molar-refractivity contribution in [1.29, 1.82) is 5.26 Å². The number of hydrogen-bond donors (Lipinski definition) is 1. The molecule has 1 aliphatic rings. The van der Waals surface area contributed by atoms with Gasteiger partial charge in [-0.15, -0.1) is 0 Å². The minimum absolute atomic E-state index is 0.0778. The molecule has 0 aliphatic heterocycles. The van der Waals surface area contributed by atoms with Crippen molar-refractivity contribution in [2.45, 2.75) is 38.1 Å². The molecule has 0 spiro atoms. The molecular weight excluding hydrogens is 253 g/mol. The number of nitrogens with two attached hydrogens (primary N) is 1. The van der Waals surface area contributed by atoms with Crippen molar-refractivity contribution in [3.63, 3.8) is 0 Å². The van der Waals surface area contributed by atoms with Gasteiger partial charge in [-0.25, -0.2) is 9.37 Å². The lowest BCUT2D eigenvalue weighted by molar-refractivity contribution is 0.316. The Bertz CT molecular complexity index is 484. The van der Waals surface area contributed by atoms with Gasteiger partial charge in [-0.2, -0.15) is 5.26 Å². The van der Waals surface area contributed by atoms with Crippen LogP contribution in [0.15, 0.2) is 6.07 Å². The summed E-state index contributed by atoms with van der Waals surface area (Å²) in [5.74, 6) is -0.0881. The van der Waals surface area contributed by atoms with Crippen LogP contribution in [-0.2, 0) is 6.42 Å². The standard InChI is InChI=1S/C13H15ClFN3/c14-13-9(7-16)6-11(15)12(18-13)5-8-2-1-3-10(17)4-8/h6,8,10H,1-5,17H2/t8-,10+/m1/s1. The molecule has 2 atom stereocenters. The topological polar surface area (TPSA) is 62.7 Å². The van der Waals surface area contributed by atoms with Gasteiger partial charge in [0.05, 0.1) is 11.3 Å². The first kappa shape index (κ1) is 13.3. The molecule has 1 aromatic rings. The Labute approximate surface area is 111 Å². The Hall–Kier alpha value is -1.18. The fourth-order valence-corrected chi connectivity index (χ4v) is 2.71. The van der Waals surface area contributed by atoms with Crippen LogP contribution in [0.25, 0.3) is 0 Å². The highest BCUT2D eigenvalue weighted by molar-refractivity contribution is 6.30. The van der Waals surface area contributed by atoms with Crippen molar-refractivity contribution in [3.05, 3.63) is 28.3 Å². The molecule has 0 saturated heterocycles. The van der Waals surface area contributed by atoms with E-state index in [0.29, 0.717) is 18.0 Å². The third kappa shape index (κ3) is 2.98. The van der Waals surface area contributed by atoms with Crippen LogP contribution in [0.3, 0.4) is 0 Å². The Morgan fingerprint density at radius 2 is 2.33 bits per heavy atom. The fourth-order valence-electron chi connectivity index (χ4n) is 2.51. The number of hydrogen-bond acceptors (Lipinski definition) is 3. The van der Waals surface area contributed by atoms with Crippen LogP contribution in [0.2, 0.25) is 5.15 Å². The maximum absolute atomic E-state index is 13.8. The number of rotatable bonds is 2. The van der Waals surface area contributed by atoms with Crippen molar-refractivity contribution in [1.82, 2.24) is 4.98 Å². The lowest BCUT2D eigenvalue weighted by atomic mass is 9.83. The molecule has 1 saturated carbocycles. The highest BCUT2D eigenvalue weighted by Gasteiger charge is 2.22. The van der Waals surface area contributed by atoms with Crippen LogP contribution in [0.5, 0.6) is 0 Å². The maximum atomic E-state index is 13.8. The van der Waals surface area contributed by atoms with Gasteiger partial charge in [0.25, 0.3) is 0 Å². The van der Waals surface area contributed by atoms with Crippen molar-refractivity contribution >= 4 is 11.6 Å². The number of halogens is 2. The lowest BCUT2D eigenvalue weighted by Gasteiger charge is -2.26. The van der Waals surface area contributed by atoms with Gasteiger partial charge in [-0.3, -0.25) is 0 Å². The van der Waals surface area contributed by atoms with E-state index in [0.717, 1.165) is 31.7 Å². The Morgan fingerprint density at radius 1 is 1.56 bits per heavy atom. The summed E-state index contributed by atoms with van der Waals surface area (Å²) in [6, 6.07) is 3.19. The van der Waals surface area contributed by atoms with E-state index >= 15 is 0 Å². The molecule has 0 radical (unpaired) electrons. The lowest BCUT2D eigenvalue weighted by Crippen LogP contribution is -2.29. The van der Waals surface area contributed by atoms with Crippen molar-refractivity contribution in [2.75, 3.05) is 0 Å². The van der Waals surface area contributed by atoms with Crippen molar-refractivity contribution < 1.29 is 4.39 Å². The second-order valence-corrected chi connectivity index (χ2v) is 5.22. The monoisotopic (exact) mass is 267 g/mol. The Kier molecular flexibility index (Phi) is 4.15. The van der Waals surface area contributed by atoms with E-state index in [1.54, 1.807) is 0 Å². The third-order valence-electron chi connectivity index (χ3n) is 3.43. The van der Waals surface area contributed by atoms with Gasteiger partial charge in [0.15, 0.2) is 0 Å². The largest absolute Gasteiger partial charge is 0.328 e. The van der Waals surface area contributed by atoms with Crippen LogP contribution in [0.4, 0.5) is 4.39 Å². The minimum atomic E-state index is -0.449. The highest BCUT2D eigenvalue weighted by Crippen LogP contribution is 2.27. The van der Waals surface area contributed by atoms with Gasteiger partial charge in [-0.05, 0) is 37.7 Å². The smallest absolute Gasteiger partial charge is 0.147 e. The molecular formula is C13H15ClFN3. The summed E-state index contributed by atoms with van der Waals surface area (Å²) in [7, 11) is 0. The molecule has 1 heterocycles. The van der Waals surface area contributed by atoms with E-state index in [-0.39, 0.29) is 16.8 Å². The average Bonchev–Trinajstić information content (AvgIpc) is 2.33. The third-order valence-corrected chi connectivity index (χ3v) is 3.72. The fraction of sp³-hybridized carbons (Fsp3) is 0.538. The SMILES string of the molecule is N#Cc1cc(F)c(C[C@@H]2CCC[C@H](N)C2)nc1Cl. The van der Waals surface area contributed by atoms with E-state index < -0.39 is 5.82 Å². The van der Waals surface area contributed by atoms with E-state index in [1.807, 2.05) is 6.07 Å². The van der Waals surface area contributed by atoms with Gasteiger partial charge in [0, 0.05) is 6.04 Å². The Morgan fingerprint density at radius 3 is 3.00 bits per heavy atom. The summed E-state index contributed by atoms with van der Waals surface area (Å²) in [5.41, 5.74) is 6.34. The van der Waals surface area contributed by atoms with Crippen molar-refractivity contribution in [3.8, 4) is 6.07 Å². The van der Waals surface area contributed by atoms with Crippen LogP contribution < -0.4 is 5.73 Å². The van der Waals surface area contributed by atoms with Gasteiger partial charge in [-0.1, -0.05) is 18.0 Å². The molecule has 0 bridgehead atoms. The normalized spacial score (nSPS) is 23.7. The molecule has 96 valence electrons. The van der Waals surface area contributed by atoms with Gasteiger partial charge >= 0.3 is 0 Å². The maximum Gasteiger partial charge on any atom is 0.147 e. The number of aromatic nitrogens is 1. The van der Waals surface area contributed by atoms with Crippen molar-refractivity contribution in [2.24, 2.45) is 11.7 Å². The zero-order valence-corrected chi connectivity index (χ0v) is 10.8. The first-order valence-electron chi connectivity index (χ1n) is 6.10. The predicted octanol–water partition coefficient (Wildman–Crippen LogP) is 2.81. The average molecular weight is 268 g/mol. The molecule has 0 amide bonds. The second kappa shape index (κ2) is 5.64. The summed E-state index contributed by atoms with van der Waals surface area (Å²) in [6.45, 7) is 0. The van der Waals surface area contributed by atoms with Crippen LogP contribution >= 0.6 is 11.6 Å². The minimum Gasteiger partial charge on any atom is -0.328 e. The molecule has 2 rings (SSSR count). The summed E-state index contributed by atoms with van der Waals surface area (Å²) in [4.78, 5) is 3.99. The molecule has 1 aromatic heterocycles. The first-order valence-corrected chi connectivity index (χ1v) is 6.48. The van der Waals surface area contributed by atoms with Crippen LogP contribution in [0.1, 0.15) is 36.9 Å². The molecule has 1 aliphatic carbocycles. The first-order chi connectivity index (χ1) is 8.60. The number of nitriles is 1. The summed E-state index contributed by atoms with van der Waals surface area (Å²) in [5, 5.41) is 8.81. The zero-order chi connectivity index (χ0) is 13.1. The van der Waals surface area contributed by atoms with Crippen LogP contribution in [0, 0.1) is 23.1 Å².